The van der Waals surface area contributed by atoms with Gasteiger partial charge in [0.25, 0.3) is 0 Å². The number of hydrogen-bond acceptors (Lipinski definition) is 3. The van der Waals surface area contributed by atoms with Crippen molar-refractivity contribution in [3.63, 3.8) is 0 Å². The number of rotatable bonds is 3. The van der Waals surface area contributed by atoms with Crippen molar-refractivity contribution in [3.8, 4) is 0 Å². The summed E-state index contributed by atoms with van der Waals surface area (Å²) in [6, 6.07) is 0.663. The van der Waals surface area contributed by atoms with Crippen LogP contribution in [0, 0.1) is 0 Å². The highest BCUT2D eigenvalue weighted by atomic mass is 32.2. The van der Waals surface area contributed by atoms with Crippen LogP contribution in [0.2, 0.25) is 0 Å². The first kappa shape index (κ1) is 14.0. The van der Waals surface area contributed by atoms with Crippen molar-refractivity contribution in [1.29, 1.82) is 0 Å². The van der Waals surface area contributed by atoms with Crippen LogP contribution in [0.1, 0.15) is 39.5 Å². The molecule has 2 heterocycles. The number of nitrogens with zero attached hydrogens (tertiary/aromatic N) is 1. The molecule has 2 aliphatic rings. The second kappa shape index (κ2) is 6.15. The van der Waals surface area contributed by atoms with Gasteiger partial charge in [0.2, 0.25) is 5.91 Å². The standard InChI is InChI=1S/C13H24N2O2S/c1-10(2)14-12-4-3-7-15(13(12)16)11-5-8-18(17)9-6-11/h10-12,14H,3-9H2,1-2H3. The smallest absolute Gasteiger partial charge is 0.239 e. The number of likely N-dealkylation sites (tertiary alicyclic amines) is 1. The zero-order chi connectivity index (χ0) is 13.1. The zero-order valence-corrected chi connectivity index (χ0v) is 12.2. The molecule has 0 aliphatic carbocycles. The normalized spacial score (nSPS) is 34.1. The van der Waals surface area contributed by atoms with Crippen LogP contribution in [0.5, 0.6) is 0 Å². The van der Waals surface area contributed by atoms with E-state index in [-0.39, 0.29) is 11.9 Å². The van der Waals surface area contributed by atoms with Crippen molar-refractivity contribution < 1.29 is 9.00 Å². The molecule has 0 radical (unpaired) electrons. The quantitative estimate of drug-likeness (QED) is 0.830. The number of nitrogens with one attached hydrogen (secondary N) is 1. The van der Waals surface area contributed by atoms with Gasteiger partial charge in [-0.1, -0.05) is 13.8 Å². The molecule has 2 rings (SSSR count). The molecule has 0 aromatic heterocycles. The van der Waals surface area contributed by atoms with Gasteiger partial charge in [-0.25, -0.2) is 0 Å². The zero-order valence-electron chi connectivity index (χ0n) is 11.4. The lowest BCUT2D eigenvalue weighted by molar-refractivity contribution is -0.139. The monoisotopic (exact) mass is 272 g/mol. The summed E-state index contributed by atoms with van der Waals surface area (Å²) in [5, 5.41) is 3.36. The van der Waals surface area contributed by atoms with Crippen LogP contribution >= 0.6 is 0 Å². The summed E-state index contributed by atoms with van der Waals surface area (Å²) < 4.78 is 11.4. The fraction of sp³-hybridized carbons (Fsp3) is 0.923. The third-order valence-electron chi connectivity index (χ3n) is 3.81. The van der Waals surface area contributed by atoms with Crippen LogP contribution in [0.15, 0.2) is 0 Å². The van der Waals surface area contributed by atoms with E-state index in [0.29, 0.717) is 12.1 Å². The van der Waals surface area contributed by atoms with Gasteiger partial charge in [0, 0.05) is 40.9 Å². The van der Waals surface area contributed by atoms with E-state index in [9.17, 15) is 9.00 Å². The Morgan fingerprint density at radius 1 is 1.28 bits per heavy atom. The van der Waals surface area contributed by atoms with Crippen molar-refractivity contribution >= 4 is 16.7 Å². The Bertz CT molecular complexity index is 323. The van der Waals surface area contributed by atoms with Gasteiger partial charge in [0.05, 0.1) is 6.04 Å². The largest absolute Gasteiger partial charge is 0.338 e. The summed E-state index contributed by atoms with van der Waals surface area (Å²) in [7, 11) is -0.648. The molecular formula is C13H24N2O2S. The predicted octanol–water partition coefficient (Wildman–Crippen LogP) is 0.886. The summed E-state index contributed by atoms with van der Waals surface area (Å²) in [6.07, 6.45) is 3.85. The number of hydrogen-bond donors (Lipinski definition) is 1. The Hall–Kier alpha value is -0.420. The Balaban J connectivity index is 1.95. The minimum absolute atomic E-state index is 0.00817. The molecule has 5 heteroatoms. The maximum absolute atomic E-state index is 12.4. The van der Waals surface area contributed by atoms with Crippen LogP contribution in [0.25, 0.3) is 0 Å². The lowest BCUT2D eigenvalue weighted by atomic mass is 9.99. The Morgan fingerprint density at radius 2 is 1.94 bits per heavy atom. The molecule has 1 amide bonds. The second-order valence-corrected chi connectivity index (χ2v) is 7.32. The van der Waals surface area contributed by atoms with Crippen molar-refractivity contribution in [2.75, 3.05) is 18.1 Å². The first-order valence-corrected chi connectivity index (χ1v) is 8.48. The van der Waals surface area contributed by atoms with Crippen LogP contribution in [-0.4, -0.2) is 51.2 Å². The van der Waals surface area contributed by atoms with E-state index >= 15 is 0 Å². The summed E-state index contributed by atoms with van der Waals surface area (Å²) >= 11 is 0. The minimum Gasteiger partial charge on any atom is -0.338 e. The van der Waals surface area contributed by atoms with Crippen LogP contribution in [-0.2, 0) is 15.6 Å². The molecule has 1 unspecified atom stereocenters. The van der Waals surface area contributed by atoms with E-state index in [2.05, 4.69) is 19.2 Å². The number of carbonyl (C=O) groups is 1. The SMILES string of the molecule is CC(C)NC1CCCN(C2CCS(=O)CC2)C1=O. The van der Waals surface area contributed by atoms with Gasteiger partial charge >= 0.3 is 0 Å². The Morgan fingerprint density at radius 3 is 2.56 bits per heavy atom. The van der Waals surface area contributed by atoms with Gasteiger partial charge in [-0.3, -0.25) is 9.00 Å². The molecule has 104 valence electrons. The number of amides is 1. The molecule has 0 saturated carbocycles. The molecule has 0 aromatic carbocycles. The average molecular weight is 272 g/mol. The highest BCUT2D eigenvalue weighted by molar-refractivity contribution is 7.85. The fourth-order valence-corrected chi connectivity index (χ4v) is 4.19. The van der Waals surface area contributed by atoms with Gasteiger partial charge in [-0.05, 0) is 25.7 Å². The molecule has 1 N–H and O–H groups in total. The molecule has 0 bridgehead atoms. The van der Waals surface area contributed by atoms with Crippen molar-refractivity contribution in [1.82, 2.24) is 10.2 Å². The van der Waals surface area contributed by atoms with Crippen LogP contribution in [0.3, 0.4) is 0 Å². The molecule has 18 heavy (non-hydrogen) atoms. The van der Waals surface area contributed by atoms with E-state index in [1.807, 2.05) is 4.90 Å². The highest BCUT2D eigenvalue weighted by Crippen LogP contribution is 2.22. The van der Waals surface area contributed by atoms with Gasteiger partial charge in [0.1, 0.15) is 0 Å². The summed E-state index contributed by atoms with van der Waals surface area (Å²) in [4.78, 5) is 14.5. The Labute approximate surface area is 112 Å². The van der Waals surface area contributed by atoms with E-state index < -0.39 is 10.8 Å². The first-order chi connectivity index (χ1) is 8.58. The molecule has 0 aromatic rings. The molecule has 4 nitrogen and oxygen atoms in total. The van der Waals surface area contributed by atoms with E-state index in [1.54, 1.807) is 0 Å². The molecule has 2 fully saturated rings. The first-order valence-electron chi connectivity index (χ1n) is 6.99. The topological polar surface area (TPSA) is 49.4 Å². The van der Waals surface area contributed by atoms with Gasteiger partial charge in [0.15, 0.2) is 0 Å². The number of carbonyl (C=O) groups excluding carboxylic acids is 1. The molecular weight excluding hydrogens is 248 g/mol. The highest BCUT2D eigenvalue weighted by Gasteiger charge is 2.34. The van der Waals surface area contributed by atoms with Crippen LogP contribution < -0.4 is 5.32 Å². The molecule has 1 atom stereocenters. The van der Waals surface area contributed by atoms with E-state index in [4.69, 9.17) is 0 Å². The average Bonchev–Trinajstić information content (AvgIpc) is 2.33. The minimum atomic E-state index is -0.648. The second-order valence-electron chi connectivity index (χ2n) is 5.63. The maximum Gasteiger partial charge on any atom is 0.239 e. The molecule has 2 aliphatic heterocycles. The lowest BCUT2D eigenvalue weighted by Crippen LogP contribution is -2.56. The van der Waals surface area contributed by atoms with Crippen molar-refractivity contribution in [3.05, 3.63) is 0 Å². The molecule has 2 saturated heterocycles. The summed E-state index contributed by atoms with van der Waals surface area (Å²) in [5.41, 5.74) is 0. The summed E-state index contributed by atoms with van der Waals surface area (Å²) in [6.45, 7) is 5.04. The van der Waals surface area contributed by atoms with Crippen molar-refractivity contribution in [2.45, 2.75) is 57.7 Å². The third kappa shape index (κ3) is 3.32. The molecule has 0 spiro atoms. The predicted molar refractivity (Wildman–Crippen MR) is 73.9 cm³/mol. The van der Waals surface area contributed by atoms with Gasteiger partial charge < -0.3 is 10.2 Å². The maximum atomic E-state index is 12.4. The van der Waals surface area contributed by atoms with Gasteiger partial charge in [-0.15, -0.1) is 0 Å². The van der Waals surface area contributed by atoms with Gasteiger partial charge in [-0.2, -0.15) is 0 Å². The van der Waals surface area contributed by atoms with E-state index in [0.717, 1.165) is 43.7 Å². The lowest BCUT2D eigenvalue weighted by Gasteiger charge is -2.40. The Kier molecular flexibility index (Phi) is 4.78. The number of piperidine rings is 1. The third-order valence-corrected chi connectivity index (χ3v) is 5.19. The van der Waals surface area contributed by atoms with E-state index in [1.165, 1.54) is 0 Å². The fourth-order valence-electron chi connectivity index (χ4n) is 2.91. The van der Waals surface area contributed by atoms with Crippen LogP contribution in [0.4, 0.5) is 0 Å². The summed E-state index contributed by atoms with van der Waals surface area (Å²) in [5.74, 6) is 1.78. The van der Waals surface area contributed by atoms with Crippen molar-refractivity contribution in [2.24, 2.45) is 0 Å².